The molecule has 2 saturated carbocycles. The highest BCUT2D eigenvalue weighted by atomic mass is 32.2. The number of carboxylic acids is 1. The second-order valence-electron chi connectivity index (χ2n) is 5.55. The molecule has 18 heavy (non-hydrogen) atoms. The summed E-state index contributed by atoms with van der Waals surface area (Å²) in [6, 6.07) is 0. The summed E-state index contributed by atoms with van der Waals surface area (Å²) < 4.78 is 5.46. The Hall–Kier alpha value is -0.220. The summed E-state index contributed by atoms with van der Waals surface area (Å²) in [4.78, 5) is 11.3. The van der Waals surface area contributed by atoms with Crippen molar-refractivity contribution in [2.24, 2.45) is 5.92 Å². The molecule has 0 heterocycles. The number of hydrogen-bond acceptors (Lipinski definition) is 3. The van der Waals surface area contributed by atoms with Crippen molar-refractivity contribution in [3.05, 3.63) is 0 Å². The molecule has 4 unspecified atom stereocenters. The molecule has 2 rings (SSSR count). The Morgan fingerprint density at radius 3 is 2.67 bits per heavy atom. The van der Waals surface area contributed by atoms with Crippen molar-refractivity contribution in [1.29, 1.82) is 0 Å². The van der Waals surface area contributed by atoms with Gasteiger partial charge in [-0.05, 0) is 38.5 Å². The Kier molecular flexibility index (Phi) is 5.37. The first-order valence-corrected chi connectivity index (χ1v) is 8.06. The van der Waals surface area contributed by atoms with Crippen LogP contribution in [0.2, 0.25) is 0 Å². The second-order valence-corrected chi connectivity index (χ2v) is 7.09. The molecule has 0 aromatic carbocycles. The number of thioether (sulfide) groups is 1. The van der Waals surface area contributed by atoms with Gasteiger partial charge in [0.1, 0.15) is 0 Å². The summed E-state index contributed by atoms with van der Waals surface area (Å²) in [6.07, 6.45) is 9.34. The van der Waals surface area contributed by atoms with Gasteiger partial charge in [-0.25, -0.2) is 0 Å². The maximum absolute atomic E-state index is 11.3. The van der Waals surface area contributed by atoms with Crippen molar-refractivity contribution in [3.63, 3.8) is 0 Å². The fourth-order valence-corrected chi connectivity index (χ4v) is 5.10. The van der Waals surface area contributed by atoms with Crippen LogP contribution in [0.1, 0.15) is 51.4 Å². The van der Waals surface area contributed by atoms with E-state index in [0.29, 0.717) is 16.6 Å². The summed E-state index contributed by atoms with van der Waals surface area (Å²) in [6.45, 7) is 0. The highest BCUT2D eigenvalue weighted by Crippen LogP contribution is 2.40. The van der Waals surface area contributed by atoms with E-state index in [4.69, 9.17) is 4.74 Å². The van der Waals surface area contributed by atoms with Crippen LogP contribution in [0.25, 0.3) is 0 Å². The van der Waals surface area contributed by atoms with Crippen LogP contribution in [0.15, 0.2) is 0 Å². The van der Waals surface area contributed by atoms with E-state index < -0.39 is 5.97 Å². The number of ether oxygens (including phenoxy) is 1. The van der Waals surface area contributed by atoms with Crippen LogP contribution in [0.5, 0.6) is 0 Å². The molecule has 2 aliphatic carbocycles. The summed E-state index contributed by atoms with van der Waals surface area (Å²) in [5, 5.41) is 10.2. The molecule has 104 valence electrons. The Labute approximate surface area is 114 Å². The van der Waals surface area contributed by atoms with Gasteiger partial charge in [0.15, 0.2) is 0 Å². The zero-order chi connectivity index (χ0) is 13.0. The third kappa shape index (κ3) is 3.64. The smallest absolute Gasteiger partial charge is 0.307 e. The standard InChI is InChI=1S/C14H24O3S/c1-17-10-5-4-6-11(9-10)18-13-8-3-2-7-12(13)14(15)16/h10-13H,2-9H2,1H3,(H,15,16). The quantitative estimate of drug-likeness (QED) is 0.853. The molecular formula is C14H24O3S. The molecule has 0 saturated heterocycles. The topological polar surface area (TPSA) is 46.5 Å². The molecule has 1 N–H and O–H groups in total. The lowest BCUT2D eigenvalue weighted by Gasteiger charge is -2.34. The van der Waals surface area contributed by atoms with E-state index in [-0.39, 0.29) is 5.92 Å². The van der Waals surface area contributed by atoms with Gasteiger partial charge < -0.3 is 9.84 Å². The number of rotatable bonds is 4. The van der Waals surface area contributed by atoms with E-state index in [1.54, 1.807) is 7.11 Å². The maximum atomic E-state index is 11.3. The Morgan fingerprint density at radius 1 is 1.17 bits per heavy atom. The van der Waals surface area contributed by atoms with E-state index in [2.05, 4.69) is 0 Å². The van der Waals surface area contributed by atoms with Gasteiger partial charge in [0.25, 0.3) is 0 Å². The summed E-state index contributed by atoms with van der Waals surface area (Å²) >= 11 is 1.94. The van der Waals surface area contributed by atoms with Crippen molar-refractivity contribution in [2.75, 3.05) is 7.11 Å². The van der Waals surface area contributed by atoms with Crippen LogP contribution >= 0.6 is 11.8 Å². The van der Waals surface area contributed by atoms with Crippen LogP contribution < -0.4 is 0 Å². The third-order valence-electron chi connectivity index (χ3n) is 4.30. The Bertz CT molecular complexity index is 282. The molecule has 2 fully saturated rings. The highest BCUT2D eigenvalue weighted by molar-refractivity contribution is 8.00. The predicted molar refractivity (Wildman–Crippen MR) is 74.0 cm³/mol. The summed E-state index contributed by atoms with van der Waals surface area (Å²) in [5.74, 6) is -0.710. The number of hydrogen-bond donors (Lipinski definition) is 1. The average Bonchev–Trinajstić information content (AvgIpc) is 2.39. The van der Waals surface area contributed by atoms with Crippen molar-refractivity contribution in [2.45, 2.75) is 68.0 Å². The monoisotopic (exact) mass is 272 g/mol. The zero-order valence-electron chi connectivity index (χ0n) is 11.1. The molecule has 0 radical (unpaired) electrons. The number of methoxy groups -OCH3 is 1. The molecular weight excluding hydrogens is 248 g/mol. The van der Waals surface area contributed by atoms with Crippen molar-refractivity contribution < 1.29 is 14.6 Å². The molecule has 0 aliphatic heterocycles. The summed E-state index contributed by atoms with van der Waals surface area (Å²) in [5.41, 5.74) is 0. The average molecular weight is 272 g/mol. The normalized spacial score (nSPS) is 37.4. The third-order valence-corrected chi connectivity index (χ3v) is 6.03. The van der Waals surface area contributed by atoms with E-state index in [0.717, 1.165) is 25.7 Å². The Morgan fingerprint density at radius 2 is 1.94 bits per heavy atom. The van der Waals surface area contributed by atoms with Crippen LogP contribution in [-0.4, -0.2) is 34.8 Å². The van der Waals surface area contributed by atoms with Crippen molar-refractivity contribution in [1.82, 2.24) is 0 Å². The zero-order valence-corrected chi connectivity index (χ0v) is 12.0. The van der Waals surface area contributed by atoms with E-state index >= 15 is 0 Å². The van der Waals surface area contributed by atoms with E-state index in [9.17, 15) is 9.90 Å². The van der Waals surface area contributed by atoms with Crippen LogP contribution in [-0.2, 0) is 9.53 Å². The molecule has 3 nitrogen and oxygen atoms in total. The predicted octanol–water partition coefficient (Wildman–Crippen LogP) is 3.32. The first-order valence-electron chi connectivity index (χ1n) is 7.11. The van der Waals surface area contributed by atoms with Gasteiger partial charge in [0, 0.05) is 17.6 Å². The fourth-order valence-electron chi connectivity index (χ4n) is 3.23. The lowest BCUT2D eigenvalue weighted by atomic mass is 9.89. The van der Waals surface area contributed by atoms with Crippen molar-refractivity contribution in [3.8, 4) is 0 Å². The molecule has 4 heteroatoms. The lowest BCUT2D eigenvalue weighted by molar-refractivity contribution is -0.142. The highest BCUT2D eigenvalue weighted by Gasteiger charge is 2.34. The molecule has 0 spiro atoms. The van der Waals surface area contributed by atoms with Gasteiger partial charge in [0.2, 0.25) is 0 Å². The molecule has 0 bridgehead atoms. The lowest BCUT2D eigenvalue weighted by Crippen LogP contribution is -2.32. The number of aliphatic carboxylic acids is 1. The van der Waals surface area contributed by atoms with Gasteiger partial charge in [-0.3, -0.25) is 4.79 Å². The molecule has 2 aliphatic rings. The van der Waals surface area contributed by atoms with Gasteiger partial charge >= 0.3 is 5.97 Å². The number of carbonyl (C=O) groups is 1. The molecule has 4 atom stereocenters. The summed E-state index contributed by atoms with van der Waals surface area (Å²) in [7, 11) is 1.79. The molecule has 0 aromatic rings. The first-order chi connectivity index (χ1) is 8.70. The minimum atomic E-state index is -0.591. The van der Waals surface area contributed by atoms with Gasteiger partial charge in [-0.1, -0.05) is 12.8 Å². The van der Waals surface area contributed by atoms with Crippen LogP contribution in [0, 0.1) is 5.92 Å². The maximum Gasteiger partial charge on any atom is 0.307 e. The minimum Gasteiger partial charge on any atom is -0.481 e. The first kappa shape index (κ1) is 14.2. The fraction of sp³-hybridized carbons (Fsp3) is 0.929. The number of carboxylic acid groups (broad SMARTS) is 1. The Balaban J connectivity index is 1.88. The van der Waals surface area contributed by atoms with Crippen LogP contribution in [0.4, 0.5) is 0 Å². The van der Waals surface area contributed by atoms with E-state index in [1.165, 1.54) is 25.7 Å². The van der Waals surface area contributed by atoms with Gasteiger partial charge in [-0.15, -0.1) is 0 Å². The van der Waals surface area contributed by atoms with Gasteiger partial charge in [-0.2, -0.15) is 11.8 Å². The van der Waals surface area contributed by atoms with Crippen molar-refractivity contribution >= 4 is 17.7 Å². The SMILES string of the molecule is COC1CCCC(SC2CCCCC2C(=O)O)C1. The largest absolute Gasteiger partial charge is 0.481 e. The van der Waals surface area contributed by atoms with Gasteiger partial charge in [0.05, 0.1) is 12.0 Å². The van der Waals surface area contributed by atoms with Crippen LogP contribution in [0.3, 0.4) is 0 Å². The minimum absolute atomic E-state index is 0.119. The molecule has 0 amide bonds. The molecule has 0 aromatic heterocycles. The van der Waals surface area contributed by atoms with E-state index in [1.807, 2.05) is 11.8 Å². The second kappa shape index (κ2) is 6.80.